The van der Waals surface area contributed by atoms with Gasteiger partial charge in [0.1, 0.15) is 0 Å². The Balaban J connectivity index is 0.000000160. The molecule has 0 spiro atoms. The van der Waals surface area contributed by atoms with Crippen LogP contribution in [0.5, 0.6) is 0 Å². The highest BCUT2D eigenvalue weighted by Gasteiger charge is 2.33. The molecule has 0 amide bonds. The minimum atomic E-state index is -0.111. The van der Waals surface area contributed by atoms with Gasteiger partial charge in [-0.3, -0.25) is 0 Å². The van der Waals surface area contributed by atoms with Crippen molar-refractivity contribution in [2.45, 2.75) is 51.9 Å². The molecule has 2 aliphatic rings. The van der Waals surface area contributed by atoms with E-state index in [1.54, 1.807) is 0 Å². The van der Waals surface area contributed by atoms with E-state index in [-0.39, 0.29) is 12.0 Å². The first-order valence-electron chi connectivity index (χ1n) is 6.22. The van der Waals surface area contributed by atoms with E-state index in [9.17, 15) is 0 Å². The maximum atomic E-state index is 8.69. The predicted octanol–water partition coefficient (Wildman–Crippen LogP) is 2.98. The molecule has 2 fully saturated rings. The lowest BCUT2D eigenvalue weighted by Crippen LogP contribution is -2.31. The van der Waals surface area contributed by atoms with Gasteiger partial charge >= 0.3 is 0 Å². The van der Waals surface area contributed by atoms with Crippen molar-refractivity contribution in [2.24, 2.45) is 10.8 Å². The number of rotatable bonds is 2. The van der Waals surface area contributed by atoms with Crippen LogP contribution in [0.4, 0.5) is 0 Å². The molecular weight excluding hydrogens is 196 g/mol. The molecule has 0 aliphatic heterocycles. The van der Waals surface area contributed by atoms with Crippen molar-refractivity contribution in [3.63, 3.8) is 0 Å². The van der Waals surface area contributed by atoms with E-state index in [2.05, 4.69) is 18.8 Å². The molecule has 0 bridgehead atoms. The fourth-order valence-corrected chi connectivity index (χ4v) is 2.16. The molecule has 0 aromatic heterocycles. The highest BCUT2D eigenvalue weighted by atomic mass is 16.3. The first kappa shape index (κ1) is 13.1. The Morgan fingerprint density at radius 3 is 1.44 bits per heavy atom. The Bertz CT molecular complexity index is 251. The van der Waals surface area contributed by atoms with Crippen LogP contribution in [0.15, 0.2) is 0 Å². The molecule has 1 heteroatoms. The highest BCUT2D eigenvalue weighted by Crippen LogP contribution is 2.42. The van der Waals surface area contributed by atoms with Gasteiger partial charge in [0.25, 0.3) is 0 Å². The summed E-state index contributed by atoms with van der Waals surface area (Å²) in [6.45, 7) is 2.35. The van der Waals surface area contributed by atoms with E-state index in [1.165, 1.54) is 32.1 Å². The van der Waals surface area contributed by atoms with Gasteiger partial charge in [-0.15, -0.1) is 12.8 Å². The summed E-state index contributed by atoms with van der Waals surface area (Å²) in [6, 6.07) is 0. The van der Waals surface area contributed by atoms with Crippen molar-refractivity contribution in [1.82, 2.24) is 0 Å². The molecule has 0 radical (unpaired) electrons. The Hall–Kier alpha value is -0.920. The van der Waals surface area contributed by atoms with Crippen molar-refractivity contribution < 1.29 is 5.11 Å². The molecule has 0 aromatic carbocycles. The molecule has 0 atom stereocenters. The van der Waals surface area contributed by atoms with Crippen LogP contribution in [0.25, 0.3) is 0 Å². The van der Waals surface area contributed by atoms with Gasteiger partial charge in [0.2, 0.25) is 0 Å². The zero-order chi connectivity index (χ0) is 12.1. The molecule has 2 rings (SSSR count). The molecule has 2 aliphatic carbocycles. The summed E-state index contributed by atoms with van der Waals surface area (Å²) in [5, 5.41) is 8.69. The lowest BCUT2D eigenvalue weighted by molar-refractivity contribution is 0.102. The van der Waals surface area contributed by atoms with E-state index in [0.29, 0.717) is 5.41 Å². The minimum Gasteiger partial charge on any atom is -0.395 e. The van der Waals surface area contributed by atoms with Gasteiger partial charge in [-0.25, -0.2) is 0 Å². The zero-order valence-electron chi connectivity index (χ0n) is 10.3. The number of terminal acetylenes is 2. The Morgan fingerprint density at radius 1 is 1.00 bits per heavy atom. The Morgan fingerprint density at radius 2 is 1.44 bits per heavy atom. The monoisotopic (exact) mass is 218 g/mol. The molecular formula is C15H22O. The van der Waals surface area contributed by atoms with E-state index in [0.717, 1.165) is 12.8 Å². The van der Waals surface area contributed by atoms with E-state index >= 15 is 0 Å². The van der Waals surface area contributed by atoms with Crippen molar-refractivity contribution >= 4 is 0 Å². The van der Waals surface area contributed by atoms with Crippen LogP contribution < -0.4 is 0 Å². The van der Waals surface area contributed by atoms with Crippen LogP contribution in [0.2, 0.25) is 0 Å². The van der Waals surface area contributed by atoms with Crippen LogP contribution >= 0.6 is 0 Å². The van der Waals surface area contributed by atoms with Crippen LogP contribution in [-0.2, 0) is 0 Å². The smallest absolute Gasteiger partial charge is 0.0597 e. The van der Waals surface area contributed by atoms with Gasteiger partial charge < -0.3 is 5.11 Å². The maximum absolute atomic E-state index is 8.69. The average Bonchev–Trinajstić information content (AvgIpc) is 2.19. The quantitative estimate of drug-likeness (QED) is 0.706. The van der Waals surface area contributed by atoms with E-state index in [1.807, 2.05) is 0 Å². The number of aliphatic hydroxyl groups is 1. The minimum absolute atomic E-state index is 0.111. The van der Waals surface area contributed by atoms with Gasteiger partial charge in [-0.2, -0.15) is 0 Å². The summed E-state index contributed by atoms with van der Waals surface area (Å²) < 4.78 is 0. The summed E-state index contributed by atoms with van der Waals surface area (Å²) in [4.78, 5) is 0. The fraction of sp³-hybridized carbons (Fsp3) is 0.733. The maximum Gasteiger partial charge on any atom is 0.0597 e. The van der Waals surface area contributed by atoms with Crippen LogP contribution in [-0.4, -0.2) is 11.7 Å². The third-order valence-electron chi connectivity index (χ3n) is 4.21. The zero-order valence-corrected chi connectivity index (χ0v) is 10.3. The van der Waals surface area contributed by atoms with Gasteiger partial charge in [0, 0.05) is 5.41 Å². The first-order chi connectivity index (χ1) is 7.66. The van der Waals surface area contributed by atoms with Crippen molar-refractivity contribution in [1.29, 1.82) is 0 Å². The molecule has 1 N–H and O–H groups in total. The standard InChI is InChI=1S/C8H12.C7H10O/c1-3-8(4-2)6-5-7-8;1-2-7(6-8)4-3-5-7/h1H,4-7H2,2H3;1,8H,3-6H2. The summed E-state index contributed by atoms with van der Waals surface area (Å²) in [7, 11) is 0. The topological polar surface area (TPSA) is 20.2 Å². The molecule has 1 nitrogen and oxygen atoms in total. The molecule has 88 valence electrons. The second-order valence-electron chi connectivity index (χ2n) is 5.07. The molecule has 0 saturated heterocycles. The molecule has 0 aromatic rings. The summed E-state index contributed by atoms with van der Waals surface area (Å²) in [5.41, 5.74) is 0.222. The molecule has 0 unspecified atom stereocenters. The number of hydrogen-bond donors (Lipinski definition) is 1. The first-order valence-corrected chi connectivity index (χ1v) is 6.22. The van der Waals surface area contributed by atoms with Crippen molar-refractivity contribution in [3.05, 3.63) is 0 Å². The summed E-state index contributed by atoms with van der Waals surface area (Å²) in [5.74, 6) is 5.48. The van der Waals surface area contributed by atoms with Gasteiger partial charge in [-0.05, 0) is 32.1 Å². The van der Waals surface area contributed by atoms with Gasteiger partial charge in [-0.1, -0.05) is 31.6 Å². The Kier molecular flexibility index (Phi) is 4.45. The van der Waals surface area contributed by atoms with Crippen LogP contribution in [0.1, 0.15) is 51.9 Å². The third kappa shape index (κ3) is 2.60. The number of hydrogen-bond acceptors (Lipinski definition) is 1. The normalized spacial score (nSPS) is 23.5. The molecule has 0 heterocycles. The van der Waals surface area contributed by atoms with Crippen molar-refractivity contribution in [2.75, 3.05) is 6.61 Å². The highest BCUT2D eigenvalue weighted by molar-refractivity contribution is 5.10. The predicted molar refractivity (Wildman–Crippen MR) is 67.6 cm³/mol. The molecule has 2 saturated carbocycles. The lowest BCUT2D eigenvalue weighted by Gasteiger charge is -2.35. The number of aliphatic hydroxyl groups excluding tert-OH is 1. The lowest BCUT2D eigenvalue weighted by atomic mass is 9.68. The summed E-state index contributed by atoms with van der Waals surface area (Å²) in [6.07, 6.45) is 18.8. The summed E-state index contributed by atoms with van der Waals surface area (Å²) >= 11 is 0. The largest absolute Gasteiger partial charge is 0.395 e. The third-order valence-corrected chi connectivity index (χ3v) is 4.21. The van der Waals surface area contributed by atoms with E-state index < -0.39 is 0 Å². The van der Waals surface area contributed by atoms with Crippen molar-refractivity contribution in [3.8, 4) is 24.7 Å². The second kappa shape index (κ2) is 5.42. The Labute approximate surface area is 99.6 Å². The second-order valence-corrected chi connectivity index (χ2v) is 5.07. The van der Waals surface area contributed by atoms with Gasteiger partial charge in [0.15, 0.2) is 0 Å². The van der Waals surface area contributed by atoms with E-state index in [4.69, 9.17) is 18.0 Å². The average molecular weight is 218 g/mol. The SMILES string of the molecule is C#CC1(CC)CCC1.C#CC1(CO)CCC1. The fourth-order valence-electron chi connectivity index (χ4n) is 2.16. The van der Waals surface area contributed by atoms with Crippen LogP contribution in [0.3, 0.4) is 0 Å². The molecule has 16 heavy (non-hydrogen) atoms. The van der Waals surface area contributed by atoms with Gasteiger partial charge in [0.05, 0.1) is 12.0 Å². The van der Waals surface area contributed by atoms with Crippen LogP contribution in [0, 0.1) is 35.5 Å².